The molecule has 0 bridgehead atoms. The Balaban J connectivity index is 0.00000225. The van der Waals surface area contributed by atoms with Crippen LogP contribution < -0.4 is 20.1 Å². The summed E-state index contributed by atoms with van der Waals surface area (Å²) in [6.07, 6.45) is 0. The van der Waals surface area contributed by atoms with Crippen LogP contribution in [0, 0.1) is 0 Å². The molecule has 0 spiro atoms. The van der Waals surface area contributed by atoms with Crippen LogP contribution in [0.15, 0.2) is 40.7 Å². The molecule has 2 N–H and O–H groups in total. The van der Waals surface area contributed by atoms with Crippen molar-refractivity contribution in [3.05, 3.63) is 46.2 Å². The number of ether oxygens (including phenoxy) is 2. The smallest absolute Gasteiger partial charge is 0.231 e. The van der Waals surface area contributed by atoms with Gasteiger partial charge in [0.05, 0.1) is 0 Å². The number of thiophene rings is 1. The molecule has 2 aromatic rings. The summed E-state index contributed by atoms with van der Waals surface area (Å²) in [4.78, 5) is 5.66. The van der Waals surface area contributed by atoms with Crippen molar-refractivity contribution in [1.82, 2.24) is 10.6 Å². The van der Waals surface area contributed by atoms with Gasteiger partial charge >= 0.3 is 0 Å². The molecule has 0 aliphatic carbocycles. The highest BCUT2D eigenvalue weighted by Gasteiger charge is 2.22. The Hall–Kier alpha value is -1.48. The monoisotopic (exact) mass is 473 g/mol. The Morgan fingerprint density at radius 1 is 1.20 bits per heavy atom. The number of hydrogen-bond donors (Lipinski definition) is 2. The first-order chi connectivity index (χ1) is 11.6. The summed E-state index contributed by atoms with van der Waals surface area (Å²) in [7, 11) is 1.78. The van der Waals surface area contributed by atoms with E-state index in [2.05, 4.69) is 47.0 Å². The third kappa shape index (κ3) is 5.01. The van der Waals surface area contributed by atoms with Crippen molar-refractivity contribution in [2.75, 3.05) is 20.4 Å². The van der Waals surface area contributed by atoms with Crippen LogP contribution in [0.1, 0.15) is 24.3 Å². The minimum Gasteiger partial charge on any atom is -0.454 e. The van der Waals surface area contributed by atoms with E-state index in [9.17, 15) is 0 Å². The predicted octanol–water partition coefficient (Wildman–Crippen LogP) is 3.74. The van der Waals surface area contributed by atoms with Gasteiger partial charge in [-0.05, 0) is 29.1 Å². The Kier molecular flexibility index (Phi) is 6.95. The lowest BCUT2D eigenvalue weighted by atomic mass is 9.91. The molecule has 5 nitrogen and oxygen atoms in total. The van der Waals surface area contributed by atoms with Gasteiger partial charge in [-0.2, -0.15) is 0 Å². The number of fused-ring (bicyclic) bond motifs is 1. The number of guanidine groups is 1. The van der Waals surface area contributed by atoms with Gasteiger partial charge in [0.25, 0.3) is 0 Å². The number of nitrogens with zero attached hydrogens (tertiary/aromatic N) is 1. The van der Waals surface area contributed by atoms with E-state index in [1.807, 2.05) is 18.2 Å². The molecular formula is C18H24IN3O2S. The molecule has 0 unspecified atom stereocenters. The minimum atomic E-state index is 0. The Bertz CT molecular complexity index is 717. The highest BCUT2D eigenvalue weighted by Crippen LogP contribution is 2.32. The van der Waals surface area contributed by atoms with Crippen LogP contribution in [0.3, 0.4) is 0 Å². The lowest BCUT2D eigenvalue weighted by Crippen LogP contribution is -2.42. The van der Waals surface area contributed by atoms with E-state index in [1.165, 1.54) is 4.88 Å². The fourth-order valence-electron chi connectivity index (χ4n) is 2.51. The molecule has 0 saturated carbocycles. The molecule has 0 atom stereocenters. The molecule has 1 aromatic heterocycles. The van der Waals surface area contributed by atoms with Crippen LogP contribution in [0.25, 0.3) is 0 Å². The lowest BCUT2D eigenvalue weighted by Gasteiger charge is -2.25. The van der Waals surface area contributed by atoms with Crippen LogP contribution in [0.4, 0.5) is 0 Å². The number of hydrogen-bond acceptors (Lipinski definition) is 4. The van der Waals surface area contributed by atoms with Crippen LogP contribution in [0.5, 0.6) is 11.5 Å². The Labute approximate surface area is 169 Å². The van der Waals surface area contributed by atoms with E-state index >= 15 is 0 Å². The molecule has 0 fully saturated rings. The highest BCUT2D eigenvalue weighted by molar-refractivity contribution is 14.0. The number of aliphatic imine (C=N–C) groups is 1. The summed E-state index contributed by atoms with van der Waals surface area (Å²) in [6, 6.07) is 10.2. The first-order valence-corrected chi connectivity index (χ1v) is 8.83. The first kappa shape index (κ1) is 19.8. The molecule has 1 aliphatic heterocycles. The number of nitrogens with one attached hydrogen (secondary N) is 2. The fraction of sp³-hybridized carbons (Fsp3) is 0.389. The zero-order valence-electron chi connectivity index (χ0n) is 14.7. The maximum atomic E-state index is 5.41. The number of halogens is 1. The average molecular weight is 473 g/mol. The average Bonchev–Trinajstić information content (AvgIpc) is 3.26. The largest absolute Gasteiger partial charge is 0.454 e. The van der Waals surface area contributed by atoms with Crippen molar-refractivity contribution >= 4 is 41.3 Å². The second-order valence-electron chi connectivity index (χ2n) is 6.33. The van der Waals surface area contributed by atoms with Gasteiger partial charge in [0, 0.05) is 30.4 Å². The van der Waals surface area contributed by atoms with Crippen LogP contribution >= 0.6 is 35.3 Å². The van der Waals surface area contributed by atoms with E-state index in [0.29, 0.717) is 13.3 Å². The normalized spacial score (nSPS) is 13.3. The van der Waals surface area contributed by atoms with Gasteiger partial charge in [0.2, 0.25) is 6.79 Å². The van der Waals surface area contributed by atoms with Gasteiger partial charge in [-0.3, -0.25) is 4.99 Å². The van der Waals surface area contributed by atoms with E-state index < -0.39 is 0 Å². The second kappa shape index (κ2) is 8.75. The van der Waals surface area contributed by atoms with Crippen molar-refractivity contribution in [2.24, 2.45) is 4.99 Å². The second-order valence-corrected chi connectivity index (χ2v) is 7.28. The van der Waals surface area contributed by atoms with Gasteiger partial charge in [0.15, 0.2) is 17.5 Å². The van der Waals surface area contributed by atoms with E-state index in [-0.39, 0.29) is 29.4 Å². The molecule has 136 valence electrons. The maximum absolute atomic E-state index is 5.41. The highest BCUT2D eigenvalue weighted by atomic mass is 127. The van der Waals surface area contributed by atoms with Gasteiger partial charge in [-0.15, -0.1) is 35.3 Å². The van der Waals surface area contributed by atoms with E-state index in [4.69, 9.17) is 9.47 Å². The number of rotatable bonds is 5. The SMILES string of the molecule is CN=C(NCc1ccc2c(c1)OCO2)NCC(C)(C)c1cccs1.I. The summed E-state index contributed by atoms with van der Waals surface area (Å²) >= 11 is 1.78. The molecule has 0 radical (unpaired) electrons. The molecule has 2 heterocycles. The summed E-state index contributed by atoms with van der Waals surface area (Å²) < 4.78 is 10.7. The Morgan fingerprint density at radius 3 is 2.72 bits per heavy atom. The summed E-state index contributed by atoms with van der Waals surface area (Å²) in [5, 5.41) is 8.87. The predicted molar refractivity (Wildman–Crippen MR) is 114 cm³/mol. The molecule has 3 rings (SSSR count). The van der Waals surface area contributed by atoms with E-state index in [0.717, 1.165) is 29.6 Å². The first-order valence-electron chi connectivity index (χ1n) is 7.95. The van der Waals surface area contributed by atoms with Crippen molar-refractivity contribution in [3.8, 4) is 11.5 Å². The molecular weight excluding hydrogens is 449 g/mol. The van der Waals surface area contributed by atoms with Gasteiger partial charge in [0.1, 0.15) is 0 Å². The van der Waals surface area contributed by atoms with Crippen molar-refractivity contribution in [1.29, 1.82) is 0 Å². The zero-order chi connectivity index (χ0) is 17.0. The van der Waals surface area contributed by atoms with Gasteiger partial charge in [-0.1, -0.05) is 26.0 Å². The Morgan fingerprint density at radius 2 is 2.00 bits per heavy atom. The van der Waals surface area contributed by atoms with Crippen LogP contribution in [-0.4, -0.2) is 26.3 Å². The fourth-order valence-corrected chi connectivity index (χ4v) is 3.36. The van der Waals surface area contributed by atoms with Gasteiger partial charge < -0.3 is 20.1 Å². The zero-order valence-corrected chi connectivity index (χ0v) is 17.8. The van der Waals surface area contributed by atoms with E-state index in [1.54, 1.807) is 18.4 Å². The van der Waals surface area contributed by atoms with Crippen molar-refractivity contribution in [3.63, 3.8) is 0 Å². The quantitative estimate of drug-likeness (QED) is 0.395. The summed E-state index contributed by atoms with van der Waals surface area (Å²) in [5.74, 6) is 2.40. The maximum Gasteiger partial charge on any atom is 0.231 e. The molecule has 7 heteroatoms. The van der Waals surface area contributed by atoms with Gasteiger partial charge in [-0.25, -0.2) is 0 Å². The topological polar surface area (TPSA) is 54.9 Å². The molecule has 1 aromatic carbocycles. The minimum absolute atomic E-state index is 0. The lowest BCUT2D eigenvalue weighted by molar-refractivity contribution is 0.174. The van der Waals surface area contributed by atoms with Crippen molar-refractivity contribution in [2.45, 2.75) is 25.8 Å². The molecule has 0 saturated heterocycles. The van der Waals surface area contributed by atoms with Crippen LogP contribution in [0.2, 0.25) is 0 Å². The summed E-state index contributed by atoms with van der Waals surface area (Å²) in [6.45, 7) is 6.26. The standard InChI is InChI=1S/C18H23N3O2S.HI/c1-18(2,16-5-4-8-24-16)11-21-17(19-3)20-10-13-6-7-14-15(9-13)23-12-22-14;/h4-9H,10-12H2,1-3H3,(H2,19,20,21);1H. The van der Waals surface area contributed by atoms with Crippen LogP contribution in [-0.2, 0) is 12.0 Å². The molecule has 1 aliphatic rings. The third-order valence-corrected chi connectivity index (χ3v) is 5.24. The number of benzene rings is 1. The van der Waals surface area contributed by atoms with Crippen molar-refractivity contribution < 1.29 is 9.47 Å². The molecule has 25 heavy (non-hydrogen) atoms. The molecule has 0 amide bonds. The summed E-state index contributed by atoms with van der Waals surface area (Å²) in [5.41, 5.74) is 1.18. The third-order valence-electron chi connectivity index (χ3n) is 4.01.